The molecule has 1 amide bonds. The van der Waals surface area contributed by atoms with E-state index in [2.05, 4.69) is 21.2 Å². The number of halogens is 1. The van der Waals surface area contributed by atoms with Crippen LogP contribution in [0.25, 0.3) is 0 Å². The lowest BCUT2D eigenvalue weighted by atomic mass is 10.0. The first-order chi connectivity index (χ1) is 9.41. The minimum atomic E-state index is -0.772. The molecule has 3 atom stereocenters. The van der Waals surface area contributed by atoms with Crippen molar-refractivity contribution < 1.29 is 14.6 Å². The van der Waals surface area contributed by atoms with Gasteiger partial charge in [0.1, 0.15) is 18.5 Å². The number of carbonyl (C=O) groups excluding carboxylic acids is 1. The Kier molecular flexibility index (Phi) is 6.98. The van der Waals surface area contributed by atoms with Crippen LogP contribution in [0.3, 0.4) is 0 Å². The van der Waals surface area contributed by atoms with Crippen molar-refractivity contribution in [2.24, 2.45) is 11.7 Å². The van der Waals surface area contributed by atoms with Gasteiger partial charge in [-0.15, -0.1) is 0 Å². The molecule has 1 rings (SSSR count). The van der Waals surface area contributed by atoms with Gasteiger partial charge in [-0.05, 0) is 35.0 Å². The second kappa shape index (κ2) is 8.24. The lowest BCUT2D eigenvalue weighted by Gasteiger charge is -2.18. The number of para-hydroxylation sites is 1. The first-order valence-corrected chi connectivity index (χ1v) is 7.29. The first-order valence-electron chi connectivity index (χ1n) is 6.50. The zero-order chi connectivity index (χ0) is 15.1. The number of hydrogen-bond donors (Lipinski definition) is 3. The van der Waals surface area contributed by atoms with Crippen LogP contribution in [0, 0.1) is 5.92 Å². The predicted octanol–water partition coefficient (Wildman–Crippen LogP) is 1.29. The molecule has 0 aliphatic rings. The molecule has 6 heteroatoms. The van der Waals surface area contributed by atoms with Crippen LogP contribution in [0.4, 0.5) is 0 Å². The van der Waals surface area contributed by atoms with Gasteiger partial charge in [0, 0.05) is 18.5 Å². The fourth-order valence-electron chi connectivity index (χ4n) is 1.42. The second-order valence-corrected chi connectivity index (χ2v) is 5.64. The highest BCUT2D eigenvalue weighted by atomic mass is 79.9. The van der Waals surface area contributed by atoms with Crippen LogP contribution < -0.4 is 15.8 Å². The molecule has 0 aromatic heterocycles. The Morgan fingerprint density at radius 2 is 2.10 bits per heavy atom. The van der Waals surface area contributed by atoms with E-state index in [4.69, 9.17) is 10.5 Å². The van der Waals surface area contributed by atoms with Crippen molar-refractivity contribution in [2.75, 3.05) is 13.2 Å². The maximum Gasteiger partial charge on any atom is 0.224 e. The van der Waals surface area contributed by atoms with Crippen LogP contribution in [0.15, 0.2) is 28.7 Å². The monoisotopic (exact) mass is 344 g/mol. The fourth-order valence-corrected chi connectivity index (χ4v) is 1.82. The summed E-state index contributed by atoms with van der Waals surface area (Å²) in [5, 5.41) is 12.4. The van der Waals surface area contributed by atoms with Gasteiger partial charge >= 0.3 is 0 Å². The highest BCUT2D eigenvalue weighted by Crippen LogP contribution is 2.23. The number of aliphatic hydroxyl groups is 1. The Labute approximate surface area is 127 Å². The third kappa shape index (κ3) is 5.48. The van der Waals surface area contributed by atoms with Crippen LogP contribution in [0.2, 0.25) is 0 Å². The lowest BCUT2D eigenvalue weighted by molar-refractivity contribution is -0.125. The van der Waals surface area contributed by atoms with Gasteiger partial charge in [-0.1, -0.05) is 19.1 Å². The van der Waals surface area contributed by atoms with Crippen LogP contribution >= 0.6 is 15.9 Å². The lowest BCUT2D eigenvalue weighted by Crippen LogP contribution is -2.42. The highest BCUT2D eigenvalue weighted by Gasteiger charge is 2.17. The van der Waals surface area contributed by atoms with Crippen LogP contribution in [-0.2, 0) is 4.79 Å². The summed E-state index contributed by atoms with van der Waals surface area (Å²) in [6, 6.07) is 7.16. The number of aliphatic hydroxyl groups excluding tert-OH is 1. The van der Waals surface area contributed by atoms with Crippen molar-refractivity contribution in [3.8, 4) is 5.75 Å². The van der Waals surface area contributed by atoms with Crippen molar-refractivity contribution >= 4 is 21.8 Å². The van der Waals surface area contributed by atoms with Gasteiger partial charge in [0.15, 0.2) is 0 Å². The fraction of sp³-hybridized carbons (Fsp3) is 0.500. The van der Waals surface area contributed by atoms with E-state index in [0.717, 1.165) is 4.47 Å². The Bertz CT molecular complexity index is 440. The molecule has 0 spiro atoms. The topological polar surface area (TPSA) is 84.6 Å². The standard InChI is InChI=1S/C14H21BrN2O3/c1-9(10(2)16)14(19)17-7-11(18)8-20-13-6-4-3-5-12(13)15/h3-6,9-11,18H,7-8,16H2,1-2H3,(H,17,19). The Morgan fingerprint density at radius 1 is 1.45 bits per heavy atom. The van der Waals surface area contributed by atoms with E-state index in [9.17, 15) is 9.90 Å². The number of carbonyl (C=O) groups is 1. The summed E-state index contributed by atoms with van der Waals surface area (Å²) in [4.78, 5) is 11.7. The summed E-state index contributed by atoms with van der Waals surface area (Å²) >= 11 is 3.35. The molecule has 112 valence electrons. The smallest absolute Gasteiger partial charge is 0.224 e. The van der Waals surface area contributed by atoms with E-state index in [1.54, 1.807) is 19.9 Å². The van der Waals surface area contributed by atoms with Gasteiger partial charge in [-0.25, -0.2) is 0 Å². The molecule has 4 N–H and O–H groups in total. The molecule has 0 aliphatic carbocycles. The maximum atomic E-state index is 11.7. The number of nitrogens with two attached hydrogens (primary N) is 1. The average molecular weight is 345 g/mol. The number of nitrogens with one attached hydrogen (secondary N) is 1. The van der Waals surface area contributed by atoms with Gasteiger partial charge in [-0.2, -0.15) is 0 Å². The molecular formula is C14H21BrN2O3. The van der Waals surface area contributed by atoms with Gasteiger partial charge < -0.3 is 20.9 Å². The average Bonchev–Trinajstić information content (AvgIpc) is 2.42. The molecule has 20 heavy (non-hydrogen) atoms. The summed E-state index contributed by atoms with van der Waals surface area (Å²) in [6.45, 7) is 3.77. The van der Waals surface area contributed by atoms with Crippen molar-refractivity contribution in [1.82, 2.24) is 5.32 Å². The summed E-state index contributed by atoms with van der Waals surface area (Å²) in [5.74, 6) is 0.202. The second-order valence-electron chi connectivity index (χ2n) is 4.79. The minimum Gasteiger partial charge on any atom is -0.490 e. The molecule has 1 aromatic rings. The molecule has 0 heterocycles. The van der Waals surface area contributed by atoms with Gasteiger partial charge in [0.25, 0.3) is 0 Å². The molecule has 0 saturated heterocycles. The largest absolute Gasteiger partial charge is 0.490 e. The maximum absolute atomic E-state index is 11.7. The summed E-state index contributed by atoms with van der Waals surface area (Å²) < 4.78 is 6.29. The number of rotatable bonds is 7. The Morgan fingerprint density at radius 3 is 2.70 bits per heavy atom. The summed E-state index contributed by atoms with van der Waals surface area (Å²) in [5.41, 5.74) is 5.64. The van der Waals surface area contributed by atoms with E-state index in [0.29, 0.717) is 5.75 Å². The van der Waals surface area contributed by atoms with E-state index < -0.39 is 6.10 Å². The number of hydrogen-bond acceptors (Lipinski definition) is 4. The SMILES string of the molecule is CC(N)C(C)C(=O)NCC(O)COc1ccccc1Br. The molecular weight excluding hydrogens is 324 g/mol. The van der Waals surface area contributed by atoms with Crippen LogP contribution in [0.1, 0.15) is 13.8 Å². The Balaban J connectivity index is 2.32. The van der Waals surface area contributed by atoms with Crippen LogP contribution in [-0.4, -0.2) is 36.3 Å². The van der Waals surface area contributed by atoms with Crippen molar-refractivity contribution in [3.63, 3.8) is 0 Å². The molecule has 0 saturated carbocycles. The quantitative estimate of drug-likeness (QED) is 0.695. The van der Waals surface area contributed by atoms with E-state index in [-0.39, 0.29) is 31.0 Å². The molecule has 0 radical (unpaired) electrons. The third-order valence-corrected chi connectivity index (χ3v) is 3.64. The molecule has 1 aromatic carbocycles. The van der Waals surface area contributed by atoms with Crippen molar-refractivity contribution in [2.45, 2.75) is 26.0 Å². The van der Waals surface area contributed by atoms with Gasteiger partial charge in [-0.3, -0.25) is 4.79 Å². The first kappa shape index (κ1) is 16.9. The normalized spacial score (nSPS) is 15.2. The van der Waals surface area contributed by atoms with Crippen molar-refractivity contribution in [1.29, 1.82) is 0 Å². The molecule has 0 fully saturated rings. The van der Waals surface area contributed by atoms with E-state index in [1.807, 2.05) is 18.2 Å². The molecule has 5 nitrogen and oxygen atoms in total. The zero-order valence-corrected chi connectivity index (χ0v) is 13.3. The van der Waals surface area contributed by atoms with E-state index >= 15 is 0 Å². The van der Waals surface area contributed by atoms with Gasteiger partial charge in [0.2, 0.25) is 5.91 Å². The zero-order valence-electron chi connectivity index (χ0n) is 11.7. The summed E-state index contributed by atoms with van der Waals surface area (Å²) in [7, 11) is 0. The molecule has 0 aliphatic heterocycles. The van der Waals surface area contributed by atoms with Crippen LogP contribution in [0.5, 0.6) is 5.75 Å². The number of amides is 1. The number of ether oxygens (including phenoxy) is 1. The predicted molar refractivity (Wildman–Crippen MR) is 81.5 cm³/mol. The van der Waals surface area contributed by atoms with E-state index in [1.165, 1.54) is 0 Å². The summed E-state index contributed by atoms with van der Waals surface area (Å²) in [6.07, 6.45) is -0.772. The number of benzene rings is 1. The molecule has 3 unspecified atom stereocenters. The van der Waals surface area contributed by atoms with Gasteiger partial charge in [0.05, 0.1) is 4.47 Å². The minimum absolute atomic E-state index is 0.107. The highest BCUT2D eigenvalue weighted by molar-refractivity contribution is 9.10. The third-order valence-electron chi connectivity index (χ3n) is 2.98. The van der Waals surface area contributed by atoms with Crippen molar-refractivity contribution in [3.05, 3.63) is 28.7 Å². The molecule has 0 bridgehead atoms. The Hall–Kier alpha value is -1.11.